The van der Waals surface area contributed by atoms with E-state index >= 15 is 0 Å². The van der Waals surface area contributed by atoms with E-state index in [-0.39, 0.29) is 30.5 Å². The first-order valence-electron chi connectivity index (χ1n) is 11.7. The largest absolute Gasteiger partial charge is 2.00 e. The topological polar surface area (TPSA) is 26.5 Å². The molecular formula is C30H44MgN2. The van der Waals surface area contributed by atoms with E-state index < -0.39 is 0 Å². The molecule has 0 saturated carbocycles. The van der Waals surface area contributed by atoms with Gasteiger partial charge in [0.05, 0.1) is 5.69 Å². The summed E-state index contributed by atoms with van der Waals surface area (Å²) in [6, 6.07) is 13.1. The maximum absolute atomic E-state index is 5.08. The van der Waals surface area contributed by atoms with E-state index in [2.05, 4.69) is 112 Å². The predicted molar refractivity (Wildman–Crippen MR) is 151 cm³/mol. The molecule has 0 atom stereocenters. The fourth-order valence-corrected chi connectivity index (χ4v) is 4.00. The molecule has 0 heterocycles. The molecule has 2 aromatic rings. The Bertz CT molecular complexity index is 897. The number of para-hydroxylation sites is 2. The van der Waals surface area contributed by atoms with Crippen LogP contribution in [0, 0.1) is 7.43 Å². The third-order valence-electron chi connectivity index (χ3n) is 5.68. The quantitative estimate of drug-likeness (QED) is 0.214. The minimum Gasteiger partial charge on any atom is -0.661 e. The van der Waals surface area contributed by atoms with Gasteiger partial charge < -0.3 is 12.7 Å². The van der Waals surface area contributed by atoms with Gasteiger partial charge in [-0.25, -0.2) is 0 Å². The molecule has 176 valence electrons. The summed E-state index contributed by atoms with van der Waals surface area (Å²) >= 11 is 0. The van der Waals surface area contributed by atoms with Crippen LogP contribution in [0.15, 0.2) is 53.2 Å². The zero-order chi connectivity index (χ0) is 23.3. The van der Waals surface area contributed by atoms with Gasteiger partial charge in [0.2, 0.25) is 0 Å². The smallest absolute Gasteiger partial charge is 0.661 e. The molecule has 2 nitrogen and oxygen atoms in total. The maximum atomic E-state index is 5.08. The standard InChI is InChI=1S/C29H41N2.CH3.Mg/c1-18(2)24-13-11-14-25(19(3)4)28(24)30-22(9)17-23(10)31-29-26(20(5)6)15-12-16-27(29)21(7)8;;/h11-21H,1-10H3;1H3;/q2*-1;+2/b22-17-,31-23?;;. The Hall–Kier alpha value is -1.58. The minimum atomic E-state index is 0. The molecule has 0 saturated heterocycles. The number of aliphatic imine (C=N–C) groups is 1. The molecule has 0 aliphatic heterocycles. The zero-order valence-electron chi connectivity index (χ0n) is 23.0. The molecule has 0 spiro atoms. The Morgan fingerprint density at radius 2 is 1.06 bits per heavy atom. The van der Waals surface area contributed by atoms with E-state index in [9.17, 15) is 0 Å². The zero-order valence-corrected chi connectivity index (χ0v) is 24.4. The molecule has 0 radical (unpaired) electrons. The first kappa shape index (κ1) is 31.4. The molecule has 0 bridgehead atoms. The van der Waals surface area contributed by atoms with Crippen molar-refractivity contribution in [3.8, 4) is 0 Å². The van der Waals surface area contributed by atoms with Crippen LogP contribution >= 0.6 is 0 Å². The predicted octanol–water partition coefficient (Wildman–Crippen LogP) is 9.95. The molecular weight excluding hydrogens is 413 g/mol. The molecule has 33 heavy (non-hydrogen) atoms. The number of hydrogen-bond donors (Lipinski definition) is 0. The molecule has 0 N–H and O–H groups in total. The van der Waals surface area contributed by atoms with Crippen molar-refractivity contribution in [2.45, 2.75) is 92.9 Å². The van der Waals surface area contributed by atoms with Gasteiger partial charge in [0.25, 0.3) is 0 Å². The van der Waals surface area contributed by atoms with Crippen LogP contribution in [0.2, 0.25) is 0 Å². The summed E-state index contributed by atoms with van der Waals surface area (Å²) < 4.78 is 0. The van der Waals surface area contributed by atoms with E-state index in [0.29, 0.717) is 23.7 Å². The van der Waals surface area contributed by atoms with E-state index in [1.165, 1.54) is 22.3 Å². The van der Waals surface area contributed by atoms with Crippen LogP contribution in [0.25, 0.3) is 5.32 Å². The Kier molecular flexibility index (Phi) is 13.3. The van der Waals surface area contributed by atoms with Crippen molar-refractivity contribution in [2.75, 3.05) is 0 Å². The normalized spacial score (nSPS) is 12.3. The molecule has 0 amide bonds. The van der Waals surface area contributed by atoms with Crippen molar-refractivity contribution in [3.05, 3.63) is 83.2 Å². The molecule has 0 unspecified atom stereocenters. The monoisotopic (exact) mass is 456 g/mol. The molecule has 3 heteroatoms. The number of allylic oxidation sites excluding steroid dienone is 2. The van der Waals surface area contributed by atoms with E-state index in [0.717, 1.165) is 22.8 Å². The first-order chi connectivity index (χ1) is 14.5. The van der Waals surface area contributed by atoms with Crippen LogP contribution in [-0.4, -0.2) is 28.8 Å². The van der Waals surface area contributed by atoms with Crippen molar-refractivity contribution in [3.63, 3.8) is 0 Å². The van der Waals surface area contributed by atoms with Gasteiger partial charge >= 0.3 is 23.1 Å². The Morgan fingerprint density at radius 1 is 0.697 bits per heavy atom. The third-order valence-corrected chi connectivity index (χ3v) is 5.68. The summed E-state index contributed by atoms with van der Waals surface area (Å²) in [7, 11) is 0. The van der Waals surface area contributed by atoms with Crippen molar-refractivity contribution in [2.24, 2.45) is 4.99 Å². The van der Waals surface area contributed by atoms with Crippen LogP contribution in [-0.2, 0) is 0 Å². The summed E-state index contributed by atoms with van der Waals surface area (Å²) in [5.74, 6) is 1.75. The van der Waals surface area contributed by atoms with Gasteiger partial charge in [0, 0.05) is 5.71 Å². The van der Waals surface area contributed by atoms with E-state index in [4.69, 9.17) is 10.3 Å². The van der Waals surface area contributed by atoms with Gasteiger partial charge in [-0.3, -0.25) is 4.99 Å². The van der Waals surface area contributed by atoms with Crippen molar-refractivity contribution in [1.82, 2.24) is 0 Å². The first-order valence-corrected chi connectivity index (χ1v) is 11.7. The summed E-state index contributed by atoms with van der Waals surface area (Å²) in [5.41, 5.74) is 9.45. The van der Waals surface area contributed by atoms with Crippen LogP contribution in [0.4, 0.5) is 11.4 Å². The Morgan fingerprint density at radius 3 is 1.42 bits per heavy atom. The number of nitrogens with zero attached hydrogens (tertiary/aromatic N) is 2. The van der Waals surface area contributed by atoms with Gasteiger partial charge in [-0.2, -0.15) is 5.70 Å². The van der Waals surface area contributed by atoms with E-state index in [1.54, 1.807) is 0 Å². The maximum Gasteiger partial charge on any atom is 2.00 e. The number of benzene rings is 2. The molecule has 0 aliphatic carbocycles. The van der Waals surface area contributed by atoms with Crippen LogP contribution in [0.1, 0.15) is 115 Å². The van der Waals surface area contributed by atoms with Gasteiger partial charge in [0.1, 0.15) is 0 Å². The molecule has 2 rings (SSSR count). The van der Waals surface area contributed by atoms with Gasteiger partial charge in [-0.05, 0) is 41.7 Å². The minimum absolute atomic E-state index is 0. The van der Waals surface area contributed by atoms with Gasteiger partial charge in [-0.1, -0.05) is 116 Å². The molecule has 0 fully saturated rings. The summed E-state index contributed by atoms with van der Waals surface area (Å²) in [4.78, 5) is 5.08. The number of hydrogen-bond acceptors (Lipinski definition) is 1. The average Bonchev–Trinajstić information content (AvgIpc) is 2.67. The van der Waals surface area contributed by atoms with Crippen LogP contribution < -0.4 is 0 Å². The van der Waals surface area contributed by atoms with E-state index in [1.807, 2.05) is 0 Å². The second-order valence-electron chi connectivity index (χ2n) is 9.84. The second kappa shape index (κ2) is 14.0. The fraction of sp³-hybridized carbons (Fsp3) is 0.467. The van der Waals surface area contributed by atoms with Gasteiger partial charge in [0.15, 0.2) is 0 Å². The van der Waals surface area contributed by atoms with Crippen molar-refractivity contribution in [1.29, 1.82) is 0 Å². The van der Waals surface area contributed by atoms with Crippen molar-refractivity contribution >= 4 is 40.1 Å². The molecule has 0 aromatic heterocycles. The van der Waals surface area contributed by atoms with Crippen molar-refractivity contribution < 1.29 is 0 Å². The third kappa shape index (κ3) is 8.29. The number of rotatable bonds is 8. The summed E-state index contributed by atoms with van der Waals surface area (Å²) in [6.07, 6.45) is 2.11. The van der Waals surface area contributed by atoms with Crippen LogP contribution in [0.3, 0.4) is 0 Å². The Labute approximate surface area is 220 Å². The molecule has 0 aliphatic rings. The summed E-state index contributed by atoms with van der Waals surface area (Å²) in [5, 5.41) is 5.08. The summed E-state index contributed by atoms with van der Waals surface area (Å²) in [6.45, 7) is 22.1. The second-order valence-corrected chi connectivity index (χ2v) is 9.84. The molecule has 2 aromatic carbocycles. The van der Waals surface area contributed by atoms with Gasteiger partial charge in [-0.15, -0.1) is 5.69 Å². The average molecular weight is 457 g/mol. The van der Waals surface area contributed by atoms with Crippen LogP contribution in [0.5, 0.6) is 0 Å². The fourth-order valence-electron chi connectivity index (χ4n) is 4.00. The SMILES string of the molecule is CC(/C=C(/C)[N-]c1c(C(C)C)cccc1C(C)C)=Nc1c(C(C)C)cccc1C(C)C.[CH3-].[Mg+2]. The Balaban J connectivity index is 0.00000512.